The highest BCUT2D eigenvalue weighted by Gasteiger charge is 2.29. The normalized spacial score (nSPS) is 25.3. The Morgan fingerprint density at radius 1 is 1.64 bits per heavy atom. The Balaban J connectivity index is 2.71. The molecule has 0 saturated carbocycles. The van der Waals surface area contributed by atoms with Crippen LogP contribution in [0.15, 0.2) is 0 Å². The van der Waals surface area contributed by atoms with E-state index in [1.165, 1.54) is 4.90 Å². The van der Waals surface area contributed by atoms with Gasteiger partial charge in [-0.3, -0.25) is 9.59 Å². The van der Waals surface area contributed by atoms with Gasteiger partial charge in [0.2, 0.25) is 11.8 Å². The lowest BCUT2D eigenvalue weighted by atomic mass is 10.1. The van der Waals surface area contributed by atoms with E-state index in [9.17, 15) is 9.59 Å². The zero-order chi connectivity index (χ0) is 8.43. The van der Waals surface area contributed by atoms with Gasteiger partial charge in [-0.2, -0.15) is 0 Å². The lowest BCUT2D eigenvalue weighted by Gasteiger charge is -2.30. The van der Waals surface area contributed by atoms with Crippen molar-refractivity contribution >= 4 is 11.8 Å². The molecule has 1 atom stereocenters. The highest BCUT2D eigenvalue weighted by Crippen LogP contribution is 2.05. The summed E-state index contributed by atoms with van der Waals surface area (Å²) in [6, 6.07) is -0.267. The predicted octanol–water partition coefficient (Wildman–Crippen LogP) is -0.647. The molecular weight excluding hydrogens is 144 g/mol. The largest absolute Gasteiger partial charge is 0.345 e. The maximum absolute atomic E-state index is 11.1. The van der Waals surface area contributed by atoms with Crippen LogP contribution in [-0.4, -0.2) is 36.3 Å². The second kappa shape index (κ2) is 2.90. The van der Waals surface area contributed by atoms with Gasteiger partial charge in [0.05, 0.1) is 6.54 Å². The molecule has 1 fully saturated rings. The summed E-state index contributed by atoms with van der Waals surface area (Å²) in [6.45, 7) is 2.03. The lowest BCUT2D eigenvalue weighted by Crippen LogP contribution is -2.56. The molecule has 62 valence electrons. The van der Waals surface area contributed by atoms with Gasteiger partial charge in [-0.25, -0.2) is 0 Å². The fraction of sp³-hybridized carbons (Fsp3) is 0.714. The molecule has 0 radical (unpaired) electrons. The average Bonchev–Trinajstić information content (AvgIpc) is 1.99. The number of hydrogen-bond acceptors (Lipinski definition) is 2. The van der Waals surface area contributed by atoms with Gasteiger partial charge in [-0.05, 0) is 6.42 Å². The molecule has 0 aromatic rings. The van der Waals surface area contributed by atoms with E-state index in [0.717, 1.165) is 0 Å². The van der Waals surface area contributed by atoms with Crippen LogP contribution in [0.3, 0.4) is 0 Å². The van der Waals surface area contributed by atoms with E-state index in [2.05, 4.69) is 5.32 Å². The molecule has 0 aromatic heterocycles. The van der Waals surface area contributed by atoms with Gasteiger partial charge in [0.15, 0.2) is 0 Å². The van der Waals surface area contributed by atoms with Gasteiger partial charge in [-0.1, -0.05) is 6.92 Å². The highest BCUT2D eigenvalue weighted by molar-refractivity contribution is 5.94. The van der Waals surface area contributed by atoms with Crippen LogP contribution in [0, 0.1) is 0 Å². The summed E-state index contributed by atoms with van der Waals surface area (Å²) in [4.78, 5) is 23.6. The third-order valence-corrected chi connectivity index (χ3v) is 1.96. The number of carbonyl (C=O) groups is 2. The minimum Gasteiger partial charge on any atom is -0.345 e. The van der Waals surface area contributed by atoms with Crippen LogP contribution in [-0.2, 0) is 9.59 Å². The first-order valence-corrected chi connectivity index (χ1v) is 3.70. The number of rotatable bonds is 1. The third kappa shape index (κ3) is 1.34. The van der Waals surface area contributed by atoms with Gasteiger partial charge in [0.25, 0.3) is 0 Å². The molecule has 0 aromatic carbocycles. The molecule has 0 spiro atoms. The maximum Gasteiger partial charge on any atom is 0.243 e. The Kier molecular flexibility index (Phi) is 2.12. The highest BCUT2D eigenvalue weighted by atomic mass is 16.2. The fourth-order valence-electron chi connectivity index (χ4n) is 1.21. The molecule has 1 aliphatic rings. The van der Waals surface area contributed by atoms with Crippen LogP contribution in [0.2, 0.25) is 0 Å². The van der Waals surface area contributed by atoms with Crippen molar-refractivity contribution in [2.45, 2.75) is 19.4 Å². The smallest absolute Gasteiger partial charge is 0.243 e. The standard InChI is InChI=1S/C7H12N2O2/c1-3-5-7(11)8-4-6(10)9(5)2/h5H,3-4H2,1-2H3,(H,8,11). The average molecular weight is 156 g/mol. The molecule has 0 aliphatic carbocycles. The molecule has 4 heteroatoms. The molecule has 1 N–H and O–H groups in total. The summed E-state index contributed by atoms with van der Waals surface area (Å²) in [5, 5.41) is 2.53. The lowest BCUT2D eigenvalue weighted by molar-refractivity contribution is -0.144. The van der Waals surface area contributed by atoms with Gasteiger partial charge < -0.3 is 10.2 Å². The first-order valence-electron chi connectivity index (χ1n) is 3.70. The van der Waals surface area contributed by atoms with Crippen LogP contribution >= 0.6 is 0 Å². The van der Waals surface area contributed by atoms with Crippen molar-refractivity contribution in [1.82, 2.24) is 10.2 Å². The minimum atomic E-state index is -0.267. The molecule has 1 saturated heterocycles. The van der Waals surface area contributed by atoms with E-state index < -0.39 is 0 Å². The third-order valence-electron chi connectivity index (χ3n) is 1.96. The minimum absolute atomic E-state index is 0.0172. The number of piperazine rings is 1. The van der Waals surface area contributed by atoms with E-state index in [4.69, 9.17) is 0 Å². The zero-order valence-corrected chi connectivity index (χ0v) is 6.76. The topological polar surface area (TPSA) is 49.4 Å². The molecule has 0 bridgehead atoms. The second-order valence-electron chi connectivity index (χ2n) is 2.65. The summed E-state index contributed by atoms with van der Waals surface area (Å²) < 4.78 is 0. The Morgan fingerprint density at radius 3 is 2.73 bits per heavy atom. The SMILES string of the molecule is CCC1C(=O)NCC(=O)N1C. The molecule has 4 nitrogen and oxygen atoms in total. The molecule has 1 heterocycles. The van der Waals surface area contributed by atoms with Crippen molar-refractivity contribution in [1.29, 1.82) is 0 Å². The Labute approximate surface area is 65.6 Å². The van der Waals surface area contributed by atoms with E-state index >= 15 is 0 Å². The number of likely N-dealkylation sites (N-methyl/N-ethyl adjacent to an activating group) is 1. The monoisotopic (exact) mass is 156 g/mol. The summed E-state index contributed by atoms with van der Waals surface area (Å²) in [7, 11) is 1.66. The Bertz CT molecular complexity index is 191. The number of amides is 2. The number of nitrogens with zero attached hydrogens (tertiary/aromatic N) is 1. The second-order valence-corrected chi connectivity index (χ2v) is 2.65. The number of carbonyl (C=O) groups excluding carboxylic acids is 2. The van der Waals surface area contributed by atoms with Gasteiger partial charge >= 0.3 is 0 Å². The molecule has 2 amide bonds. The number of hydrogen-bond donors (Lipinski definition) is 1. The zero-order valence-electron chi connectivity index (χ0n) is 6.76. The van der Waals surface area contributed by atoms with Crippen molar-refractivity contribution < 1.29 is 9.59 Å². The fourth-order valence-corrected chi connectivity index (χ4v) is 1.21. The molecule has 1 aliphatic heterocycles. The van der Waals surface area contributed by atoms with E-state index in [1.807, 2.05) is 6.92 Å². The molecular formula is C7H12N2O2. The van der Waals surface area contributed by atoms with Gasteiger partial charge in [0, 0.05) is 7.05 Å². The van der Waals surface area contributed by atoms with Crippen LogP contribution in [0.1, 0.15) is 13.3 Å². The quantitative estimate of drug-likeness (QED) is 0.548. The van der Waals surface area contributed by atoms with Crippen molar-refractivity contribution in [3.05, 3.63) is 0 Å². The van der Waals surface area contributed by atoms with Gasteiger partial charge in [-0.15, -0.1) is 0 Å². The summed E-state index contributed by atoms with van der Waals surface area (Å²) in [5.41, 5.74) is 0. The van der Waals surface area contributed by atoms with Crippen LogP contribution in [0.5, 0.6) is 0 Å². The Hall–Kier alpha value is -1.06. The van der Waals surface area contributed by atoms with E-state index in [-0.39, 0.29) is 24.4 Å². The molecule has 11 heavy (non-hydrogen) atoms. The maximum atomic E-state index is 11.1. The van der Waals surface area contributed by atoms with Crippen molar-refractivity contribution in [2.24, 2.45) is 0 Å². The summed E-state index contributed by atoms with van der Waals surface area (Å²) >= 11 is 0. The van der Waals surface area contributed by atoms with E-state index in [1.54, 1.807) is 7.05 Å². The van der Waals surface area contributed by atoms with E-state index in [0.29, 0.717) is 6.42 Å². The summed E-state index contributed by atoms with van der Waals surface area (Å²) in [6.07, 6.45) is 0.675. The molecule has 1 rings (SSSR count). The van der Waals surface area contributed by atoms with Gasteiger partial charge in [0.1, 0.15) is 6.04 Å². The predicted molar refractivity (Wildman–Crippen MR) is 39.9 cm³/mol. The van der Waals surface area contributed by atoms with Crippen LogP contribution < -0.4 is 5.32 Å². The van der Waals surface area contributed by atoms with Crippen molar-refractivity contribution in [2.75, 3.05) is 13.6 Å². The first-order chi connectivity index (χ1) is 5.16. The Morgan fingerprint density at radius 2 is 2.27 bits per heavy atom. The van der Waals surface area contributed by atoms with Crippen molar-refractivity contribution in [3.63, 3.8) is 0 Å². The molecule has 1 unspecified atom stereocenters. The van der Waals surface area contributed by atoms with Crippen LogP contribution in [0.4, 0.5) is 0 Å². The van der Waals surface area contributed by atoms with Crippen molar-refractivity contribution in [3.8, 4) is 0 Å². The summed E-state index contributed by atoms with van der Waals surface area (Å²) in [5.74, 6) is -0.0638. The number of nitrogens with one attached hydrogen (secondary N) is 1. The first kappa shape index (κ1) is 8.04. The van der Waals surface area contributed by atoms with Crippen LogP contribution in [0.25, 0.3) is 0 Å².